The molecule has 0 saturated heterocycles. The van der Waals surface area contributed by atoms with E-state index in [4.69, 9.17) is 20.4 Å². The first-order chi connectivity index (χ1) is 17.5. The third-order valence-electron chi connectivity index (χ3n) is 5.73. The Morgan fingerprint density at radius 1 is 1.08 bits per heavy atom. The van der Waals surface area contributed by atoms with Gasteiger partial charge in [0.1, 0.15) is 22.6 Å². The molecule has 3 aromatic carbocycles. The molecule has 2 heterocycles. The van der Waals surface area contributed by atoms with E-state index in [1.807, 2.05) is 72.8 Å². The average Bonchev–Trinajstić information content (AvgIpc) is 3.16. The van der Waals surface area contributed by atoms with Crippen LogP contribution >= 0.6 is 15.9 Å². The molecule has 36 heavy (non-hydrogen) atoms. The Hall–Kier alpha value is -4.24. The largest absolute Gasteiger partial charge is 0.497 e. The zero-order valence-corrected chi connectivity index (χ0v) is 21.1. The minimum Gasteiger partial charge on any atom is -0.497 e. The second-order valence-corrected chi connectivity index (χ2v) is 9.03. The SMILES string of the molecule is COc1ccc(CCNC(=O)c2c(N)n(/N=C/c3cccc(Br)c3)c3nc4ccccc4nc23)cc1. The maximum atomic E-state index is 13.3. The molecule has 9 heteroatoms. The highest BCUT2D eigenvalue weighted by Gasteiger charge is 2.24. The number of carbonyl (C=O) groups is 1. The molecule has 2 aromatic heterocycles. The summed E-state index contributed by atoms with van der Waals surface area (Å²) in [6, 6.07) is 22.9. The number of ether oxygens (including phenoxy) is 1. The number of fused-ring (bicyclic) bond motifs is 2. The molecular formula is C27H23BrN6O2. The van der Waals surface area contributed by atoms with E-state index in [0.717, 1.165) is 21.3 Å². The second kappa shape index (κ2) is 10.2. The number of hydrogen-bond acceptors (Lipinski definition) is 6. The summed E-state index contributed by atoms with van der Waals surface area (Å²) < 4.78 is 7.59. The minimum absolute atomic E-state index is 0.175. The van der Waals surface area contributed by atoms with Gasteiger partial charge in [-0.3, -0.25) is 4.79 Å². The summed E-state index contributed by atoms with van der Waals surface area (Å²) in [5, 5.41) is 7.51. The Morgan fingerprint density at radius 3 is 2.56 bits per heavy atom. The highest BCUT2D eigenvalue weighted by molar-refractivity contribution is 9.10. The molecular weight excluding hydrogens is 520 g/mol. The number of amides is 1. The Bertz CT molecular complexity index is 1590. The number of para-hydroxylation sites is 2. The van der Waals surface area contributed by atoms with Crippen molar-refractivity contribution in [2.75, 3.05) is 19.4 Å². The summed E-state index contributed by atoms with van der Waals surface area (Å²) in [6.07, 6.45) is 2.33. The molecule has 1 amide bonds. The predicted molar refractivity (Wildman–Crippen MR) is 146 cm³/mol. The number of nitrogens with one attached hydrogen (secondary N) is 1. The third-order valence-corrected chi connectivity index (χ3v) is 6.22. The number of methoxy groups -OCH3 is 1. The van der Waals surface area contributed by atoms with Crippen molar-refractivity contribution in [2.45, 2.75) is 6.42 Å². The molecule has 5 rings (SSSR count). The summed E-state index contributed by atoms with van der Waals surface area (Å²) in [5.41, 5.74) is 10.8. The van der Waals surface area contributed by atoms with Crippen LogP contribution in [0.2, 0.25) is 0 Å². The zero-order chi connectivity index (χ0) is 25.1. The lowest BCUT2D eigenvalue weighted by Gasteiger charge is -2.06. The van der Waals surface area contributed by atoms with Crippen molar-refractivity contribution in [1.82, 2.24) is 20.0 Å². The summed E-state index contributed by atoms with van der Waals surface area (Å²) >= 11 is 3.47. The molecule has 0 aliphatic heterocycles. The lowest BCUT2D eigenvalue weighted by molar-refractivity contribution is 0.0956. The number of anilines is 1. The molecule has 3 N–H and O–H groups in total. The zero-order valence-electron chi connectivity index (χ0n) is 19.5. The second-order valence-electron chi connectivity index (χ2n) is 8.11. The highest BCUT2D eigenvalue weighted by Crippen LogP contribution is 2.28. The Morgan fingerprint density at radius 2 is 1.83 bits per heavy atom. The lowest BCUT2D eigenvalue weighted by Crippen LogP contribution is -2.26. The van der Waals surface area contributed by atoms with Gasteiger partial charge in [-0.25, -0.2) is 9.97 Å². The number of halogens is 1. The van der Waals surface area contributed by atoms with Crippen LogP contribution in [0.25, 0.3) is 22.2 Å². The molecule has 0 fully saturated rings. The number of nitrogens with two attached hydrogens (primary N) is 1. The van der Waals surface area contributed by atoms with Gasteiger partial charge in [0.25, 0.3) is 5.91 Å². The predicted octanol–water partition coefficient (Wildman–Crippen LogP) is 4.79. The van der Waals surface area contributed by atoms with Crippen LogP contribution < -0.4 is 15.8 Å². The van der Waals surface area contributed by atoms with Crippen LogP contribution in [0.4, 0.5) is 5.82 Å². The van der Waals surface area contributed by atoms with Crippen molar-refractivity contribution >= 4 is 56.1 Å². The van der Waals surface area contributed by atoms with E-state index in [1.54, 1.807) is 13.3 Å². The molecule has 0 spiro atoms. The van der Waals surface area contributed by atoms with E-state index in [0.29, 0.717) is 35.2 Å². The molecule has 0 aliphatic rings. The highest BCUT2D eigenvalue weighted by atomic mass is 79.9. The van der Waals surface area contributed by atoms with Crippen molar-refractivity contribution in [2.24, 2.45) is 5.10 Å². The molecule has 0 radical (unpaired) electrons. The fourth-order valence-corrected chi connectivity index (χ4v) is 4.32. The number of hydrogen-bond donors (Lipinski definition) is 2. The van der Waals surface area contributed by atoms with Gasteiger partial charge in [0, 0.05) is 11.0 Å². The number of carbonyl (C=O) groups excluding carboxylic acids is 1. The van der Waals surface area contributed by atoms with Crippen molar-refractivity contribution in [3.05, 3.63) is 94.0 Å². The normalized spacial score (nSPS) is 11.4. The Balaban J connectivity index is 1.49. The van der Waals surface area contributed by atoms with Gasteiger partial charge in [0.2, 0.25) is 0 Å². The number of rotatable bonds is 7. The first kappa shape index (κ1) is 23.5. The Kier molecular flexibility index (Phi) is 6.64. The van der Waals surface area contributed by atoms with Crippen LogP contribution in [0.15, 0.2) is 82.4 Å². The third kappa shape index (κ3) is 4.78. The van der Waals surface area contributed by atoms with Gasteiger partial charge in [-0.2, -0.15) is 9.78 Å². The fraction of sp³-hybridized carbons (Fsp3) is 0.111. The smallest absolute Gasteiger partial charge is 0.257 e. The van der Waals surface area contributed by atoms with Gasteiger partial charge in [0.05, 0.1) is 24.4 Å². The van der Waals surface area contributed by atoms with Gasteiger partial charge >= 0.3 is 0 Å². The number of nitrogen functional groups attached to an aromatic ring is 1. The van der Waals surface area contributed by atoms with Crippen LogP contribution in [0.1, 0.15) is 21.5 Å². The van der Waals surface area contributed by atoms with Gasteiger partial charge in [-0.15, -0.1) is 0 Å². The topological polar surface area (TPSA) is 107 Å². The van der Waals surface area contributed by atoms with E-state index in [1.165, 1.54) is 4.68 Å². The van der Waals surface area contributed by atoms with Gasteiger partial charge in [0.15, 0.2) is 5.65 Å². The molecule has 0 unspecified atom stereocenters. The first-order valence-corrected chi connectivity index (χ1v) is 12.1. The van der Waals surface area contributed by atoms with Gasteiger partial charge < -0.3 is 15.8 Å². The van der Waals surface area contributed by atoms with Gasteiger partial charge in [-0.1, -0.05) is 52.3 Å². The molecule has 0 atom stereocenters. The van der Waals surface area contributed by atoms with Crippen molar-refractivity contribution in [3.63, 3.8) is 0 Å². The summed E-state index contributed by atoms with van der Waals surface area (Å²) in [4.78, 5) is 22.7. The minimum atomic E-state index is -0.327. The lowest BCUT2D eigenvalue weighted by atomic mass is 10.1. The molecule has 180 valence electrons. The van der Waals surface area contributed by atoms with Crippen LogP contribution in [0, 0.1) is 0 Å². The standard InChI is InChI=1S/C27H23BrN6O2/c1-36-20-11-9-17(10-12-20)13-14-30-27(35)23-24-26(33-22-8-3-2-7-21(22)32-24)34(25(23)29)31-16-18-5-4-6-19(28)15-18/h2-12,15-16H,13-14,29H2,1H3,(H,30,35)/b31-16+. The molecule has 0 bridgehead atoms. The van der Waals surface area contributed by atoms with Crippen LogP contribution in [0.5, 0.6) is 5.75 Å². The molecule has 0 saturated carbocycles. The first-order valence-electron chi connectivity index (χ1n) is 11.3. The quantitative estimate of drug-likeness (QED) is 0.287. The number of aromatic nitrogens is 3. The van der Waals surface area contributed by atoms with Crippen LogP contribution in [0.3, 0.4) is 0 Å². The maximum Gasteiger partial charge on any atom is 0.257 e. The van der Waals surface area contributed by atoms with Gasteiger partial charge in [-0.05, 0) is 53.9 Å². The Labute approximate surface area is 215 Å². The number of benzene rings is 3. The summed E-state index contributed by atoms with van der Waals surface area (Å²) in [7, 11) is 1.63. The van der Waals surface area contributed by atoms with Crippen molar-refractivity contribution in [3.8, 4) is 5.75 Å². The van der Waals surface area contributed by atoms with Crippen LogP contribution in [-0.2, 0) is 6.42 Å². The van der Waals surface area contributed by atoms with E-state index in [2.05, 4.69) is 26.3 Å². The monoisotopic (exact) mass is 542 g/mol. The number of nitrogens with zero attached hydrogens (tertiary/aromatic N) is 4. The fourth-order valence-electron chi connectivity index (χ4n) is 3.90. The van der Waals surface area contributed by atoms with E-state index >= 15 is 0 Å². The van der Waals surface area contributed by atoms with E-state index in [-0.39, 0.29) is 17.3 Å². The average molecular weight is 543 g/mol. The van der Waals surface area contributed by atoms with E-state index < -0.39 is 0 Å². The van der Waals surface area contributed by atoms with Crippen molar-refractivity contribution in [1.29, 1.82) is 0 Å². The maximum absolute atomic E-state index is 13.3. The van der Waals surface area contributed by atoms with Crippen LogP contribution in [-0.4, -0.2) is 40.4 Å². The molecule has 0 aliphatic carbocycles. The molecule has 5 aromatic rings. The summed E-state index contributed by atoms with van der Waals surface area (Å²) in [5.74, 6) is 0.637. The van der Waals surface area contributed by atoms with Crippen molar-refractivity contribution < 1.29 is 9.53 Å². The molecule has 8 nitrogen and oxygen atoms in total. The van der Waals surface area contributed by atoms with E-state index in [9.17, 15) is 4.79 Å². The summed E-state index contributed by atoms with van der Waals surface area (Å²) in [6.45, 7) is 0.430.